The van der Waals surface area contributed by atoms with Gasteiger partial charge in [0.05, 0.1) is 0 Å². The molecule has 1 N–H and O–H groups in total. The van der Waals surface area contributed by atoms with Gasteiger partial charge in [-0.3, -0.25) is 4.79 Å². The van der Waals surface area contributed by atoms with Crippen molar-refractivity contribution in [2.75, 3.05) is 26.2 Å². The monoisotopic (exact) mass is 296 g/mol. The first-order chi connectivity index (χ1) is 10.3. The molecule has 21 heavy (non-hydrogen) atoms. The number of hydrogen-bond acceptors (Lipinski definition) is 2. The van der Waals surface area contributed by atoms with Gasteiger partial charge < -0.3 is 10.2 Å². The minimum absolute atomic E-state index is 0.345. The van der Waals surface area contributed by atoms with Crippen LogP contribution in [0.5, 0.6) is 0 Å². The highest BCUT2D eigenvalue weighted by Gasteiger charge is 2.15. The highest BCUT2D eigenvalue weighted by Crippen LogP contribution is 2.10. The van der Waals surface area contributed by atoms with Gasteiger partial charge in [0.15, 0.2) is 0 Å². The van der Waals surface area contributed by atoms with Gasteiger partial charge in [0.1, 0.15) is 0 Å². The molecule has 0 aromatic carbocycles. The number of nitrogens with zero attached hydrogens (tertiary/aromatic N) is 1. The first-order valence-corrected chi connectivity index (χ1v) is 9.33. The minimum Gasteiger partial charge on any atom is -0.343 e. The van der Waals surface area contributed by atoms with Gasteiger partial charge in [-0.05, 0) is 32.2 Å². The average molecular weight is 296 g/mol. The summed E-state index contributed by atoms with van der Waals surface area (Å²) in [6, 6.07) is 0. The summed E-state index contributed by atoms with van der Waals surface area (Å²) in [6.07, 6.45) is 15.3. The standard InChI is InChI=1S/C18H36N2O/c1-2-3-4-5-6-7-8-10-14-19-15-13-18(21)20-16-11-9-12-17-20/h19H,2-17H2,1H3. The number of unbranched alkanes of at least 4 members (excludes halogenated alkanes) is 7. The first kappa shape index (κ1) is 18.5. The van der Waals surface area contributed by atoms with Crippen molar-refractivity contribution >= 4 is 5.91 Å². The molecule has 3 heteroatoms. The van der Waals surface area contributed by atoms with E-state index in [2.05, 4.69) is 12.2 Å². The van der Waals surface area contributed by atoms with Crippen molar-refractivity contribution in [1.29, 1.82) is 0 Å². The molecule has 1 rings (SSSR count). The lowest BCUT2D eigenvalue weighted by molar-refractivity contribution is -0.131. The molecule has 0 saturated carbocycles. The van der Waals surface area contributed by atoms with Crippen LogP contribution in [0.25, 0.3) is 0 Å². The number of likely N-dealkylation sites (tertiary alicyclic amines) is 1. The van der Waals surface area contributed by atoms with Gasteiger partial charge in [0.2, 0.25) is 5.91 Å². The van der Waals surface area contributed by atoms with Gasteiger partial charge in [-0.1, -0.05) is 51.9 Å². The van der Waals surface area contributed by atoms with Crippen molar-refractivity contribution in [3.63, 3.8) is 0 Å². The largest absolute Gasteiger partial charge is 0.343 e. The zero-order chi connectivity index (χ0) is 15.2. The molecule has 0 aromatic heterocycles. The van der Waals surface area contributed by atoms with Crippen LogP contribution < -0.4 is 5.32 Å². The third kappa shape index (κ3) is 9.89. The maximum absolute atomic E-state index is 11.9. The maximum Gasteiger partial charge on any atom is 0.223 e. The molecule has 0 bridgehead atoms. The third-order valence-corrected chi connectivity index (χ3v) is 4.43. The Hall–Kier alpha value is -0.570. The second kappa shape index (κ2) is 13.1. The lowest BCUT2D eigenvalue weighted by Gasteiger charge is -2.26. The maximum atomic E-state index is 11.9. The number of nitrogens with one attached hydrogen (secondary N) is 1. The fraction of sp³-hybridized carbons (Fsp3) is 0.944. The van der Waals surface area contributed by atoms with Crippen molar-refractivity contribution in [3.05, 3.63) is 0 Å². The number of carbonyl (C=O) groups is 1. The number of rotatable bonds is 12. The summed E-state index contributed by atoms with van der Waals surface area (Å²) in [4.78, 5) is 14.0. The van der Waals surface area contributed by atoms with Gasteiger partial charge >= 0.3 is 0 Å². The topological polar surface area (TPSA) is 32.3 Å². The first-order valence-electron chi connectivity index (χ1n) is 9.33. The molecule has 1 aliphatic heterocycles. The van der Waals surface area contributed by atoms with E-state index in [0.717, 1.165) is 26.2 Å². The molecule has 0 radical (unpaired) electrons. The zero-order valence-corrected chi connectivity index (χ0v) is 14.2. The van der Waals surface area contributed by atoms with E-state index in [1.165, 1.54) is 70.6 Å². The Morgan fingerprint density at radius 1 is 0.857 bits per heavy atom. The van der Waals surface area contributed by atoms with E-state index in [0.29, 0.717) is 12.3 Å². The van der Waals surface area contributed by atoms with Gasteiger partial charge in [-0.2, -0.15) is 0 Å². The molecule has 0 aliphatic carbocycles. The summed E-state index contributed by atoms with van der Waals surface area (Å²) in [7, 11) is 0. The molecule has 3 nitrogen and oxygen atoms in total. The van der Waals surface area contributed by atoms with Crippen molar-refractivity contribution in [3.8, 4) is 0 Å². The molecular weight excluding hydrogens is 260 g/mol. The van der Waals surface area contributed by atoms with E-state index in [-0.39, 0.29) is 0 Å². The van der Waals surface area contributed by atoms with Crippen LogP contribution in [-0.4, -0.2) is 37.0 Å². The van der Waals surface area contributed by atoms with Crippen molar-refractivity contribution in [2.45, 2.75) is 84.0 Å². The number of amides is 1. The van der Waals surface area contributed by atoms with Crippen molar-refractivity contribution < 1.29 is 4.79 Å². The number of carbonyl (C=O) groups excluding carboxylic acids is 1. The number of piperidine rings is 1. The van der Waals surface area contributed by atoms with Crippen LogP contribution in [0.15, 0.2) is 0 Å². The highest BCUT2D eigenvalue weighted by atomic mass is 16.2. The minimum atomic E-state index is 0.345. The summed E-state index contributed by atoms with van der Waals surface area (Å²) in [6.45, 7) is 6.16. The second-order valence-corrected chi connectivity index (χ2v) is 6.42. The summed E-state index contributed by atoms with van der Waals surface area (Å²) in [5.41, 5.74) is 0. The quantitative estimate of drug-likeness (QED) is 0.549. The molecule has 0 aromatic rings. The molecular formula is C18H36N2O. The molecule has 1 saturated heterocycles. The Morgan fingerprint density at radius 2 is 1.48 bits per heavy atom. The molecule has 1 aliphatic rings. The fourth-order valence-corrected chi connectivity index (χ4v) is 3.01. The van der Waals surface area contributed by atoms with E-state index < -0.39 is 0 Å². The molecule has 0 spiro atoms. The fourth-order valence-electron chi connectivity index (χ4n) is 3.01. The lowest BCUT2D eigenvalue weighted by atomic mass is 10.1. The third-order valence-electron chi connectivity index (χ3n) is 4.43. The van der Waals surface area contributed by atoms with E-state index in [9.17, 15) is 4.79 Å². The Labute approximate surface area is 131 Å². The smallest absolute Gasteiger partial charge is 0.223 e. The SMILES string of the molecule is CCCCCCCCCCNCCC(=O)N1CCCCC1. The summed E-state index contributed by atoms with van der Waals surface area (Å²) in [5, 5.41) is 3.42. The van der Waals surface area contributed by atoms with E-state index in [1.807, 2.05) is 4.90 Å². The van der Waals surface area contributed by atoms with Crippen LogP contribution in [0.4, 0.5) is 0 Å². The molecule has 1 heterocycles. The van der Waals surface area contributed by atoms with E-state index >= 15 is 0 Å². The zero-order valence-electron chi connectivity index (χ0n) is 14.2. The van der Waals surface area contributed by atoms with Crippen molar-refractivity contribution in [2.24, 2.45) is 0 Å². The average Bonchev–Trinajstić information content (AvgIpc) is 2.53. The van der Waals surface area contributed by atoms with Crippen LogP contribution in [-0.2, 0) is 4.79 Å². The molecule has 0 atom stereocenters. The van der Waals surface area contributed by atoms with E-state index in [1.54, 1.807) is 0 Å². The van der Waals surface area contributed by atoms with Gasteiger partial charge in [0, 0.05) is 26.1 Å². The van der Waals surface area contributed by atoms with Crippen molar-refractivity contribution in [1.82, 2.24) is 10.2 Å². The Kier molecular flexibility index (Phi) is 11.5. The van der Waals surface area contributed by atoms with Gasteiger partial charge in [0.25, 0.3) is 0 Å². The summed E-state index contributed by atoms with van der Waals surface area (Å²) >= 11 is 0. The van der Waals surface area contributed by atoms with Crippen LogP contribution in [0, 0.1) is 0 Å². The molecule has 124 valence electrons. The predicted molar refractivity (Wildman–Crippen MR) is 90.5 cm³/mol. The molecule has 0 unspecified atom stereocenters. The van der Waals surface area contributed by atoms with Gasteiger partial charge in [-0.25, -0.2) is 0 Å². The highest BCUT2D eigenvalue weighted by molar-refractivity contribution is 5.76. The summed E-state index contributed by atoms with van der Waals surface area (Å²) in [5.74, 6) is 0.345. The summed E-state index contributed by atoms with van der Waals surface area (Å²) < 4.78 is 0. The lowest BCUT2D eigenvalue weighted by Crippen LogP contribution is -2.37. The Morgan fingerprint density at radius 3 is 2.14 bits per heavy atom. The second-order valence-electron chi connectivity index (χ2n) is 6.42. The van der Waals surface area contributed by atoms with Crippen LogP contribution in [0.3, 0.4) is 0 Å². The predicted octanol–water partition coefficient (Wildman–Crippen LogP) is 4.12. The normalized spacial score (nSPS) is 15.4. The van der Waals surface area contributed by atoms with Crippen LogP contribution in [0.2, 0.25) is 0 Å². The molecule has 1 amide bonds. The number of hydrogen-bond donors (Lipinski definition) is 1. The van der Waals surface area contributed by atoms with E-state index in [4.69, 9.17) is 0 Å². The van der Waals surface area contributed by atoms with Crippen LogP contribution in [0.1, 0.15) is 84.0 Å². The Bertz CT molecular complexity index is 250. The Balaban J connectivity index is 1.80. The van der Waals surface area contributed by atoms with Crippen LogP contribution >= 0.6 is 0 Å². The molecule has 1 fully saturated rings. The van der Waals surface area contributed by atoms with Gasteiger partial charge in [-0.15, -0.1) is 0 Å².